The summed E-state index contributed by atoms with van der Waals surface area (Å²) in [7, 11) is 0. The van der Waals surface area contributed by atoms with Crippen LogP contribution in [0.25, 0.3) is 0 Å². The molecule has 0 radical (unpaired) electrons. The van der Waals surface area contributed by atoms with E-state index in [0.717, 1.165) is 6.61 Å². The van der Waals surface area contributed by atoms with Gasteiger partial charge >= 0.3 is 0 Å². The minimum Gasteiger partial charge on any atom is -0.302 e. The van der Waals surface area contributed by atoms with Gasteiger partial charge in [0.2, 0.25) is 0 Å². The predicted octanol–water partition coefficient (Wildman–Crippen LogP) is 1.42. The van der Waals surface area contributed by atoms with Crippen LogP contribution in [0.15, 0.2) is 0 Å². The van der Waals surface area contributed by atoms with E-state index in [2.05, 4.69) is 5.48 Å². The molecule has 0 spiro atoms. The molecule has 1 fully saturated rings. The van der Waals surface area contributed by atoms with Crippen LogP contribution in [0.5, 0.6) is 0 Å². The molecular formula is C7H15NOS. The van der Waals surface area contributed by atoms with E-state index in [4.69, 9.17) is 4.84 Å². The second kappa shape index (κ2) is 4.99. The normalized spacial score (nSPS) is 21.3. The van der Waals surface area contributed by atoms with Crippen molar-refractivity contribution in [2.75, 3.05) is 18.1 Å². The molecule has 0 aromatic rings. The Kier molecular flexibility index (Phi) is 4.18. The molecule has 0 saturated carbocycles. The molecule has 0 atom stereocenters. The molecule has 2 nitrogen and oxygen atoms in total. The van der Waals surface area contributed by atoms with Gasteiger partial charge in [-0.3, -0.25) is 0 Å². The average Bonchev–Trinajstić information content (AvgIpc) is 2.03. The second-order valence-electron chi connectivity index (χ2n) is 2.44. The van der Waals surface area contributed by atoms with E-state index in [-0.39, 0.29) is 0 Å². The van der Waals surface area contributed by atoms with Gasteiger partial charge in [0, 0.05) is 6.04 Å². The number of hydrogen-bond donors (Lipinski definition) is 1. The van der Waals surface area contributed by atoms with E-state index in [1.807, 2.05) is 18.7 Å². The van der Waals surface area contributed by atoms with Crippen LogP contribution in [0.2, 0.25) is 0 Å². The predicted molar refractivity (Wildman–Crippen MR) is 45.1 cm³/mol. The highest BCUT2D eigenvalue weighted by atomic mass is 32.2. The SMILES string of the molecule is CCONC1CCSCC1. The van der Waals surface area contributed by atoms with Crippen molar-refractivity contribution in [1.29, 1.82) is 0 Å². The summed E-state index contributed by atoms with van der Waals surface area (Å²) in [5, 5.41) is 0. The summed E-state index contributed by atoms with van der Waals surface area (Å²) in [6.45, 7) is 2.77. The van der Waals surface area contributed by atoms with Crippen molar-refractivity contribution in [2.24, 2.45) is 0 Å². The van der Waals surface area contributed by atoms with Crippen LogP contribution in [0, 0.1) is 0 Å². The maximum absolute atomic E-state index is 5.11. The molecule has 10 heavy (non-hydrogen) atoms. The summed E-state index contributed by atoms with van der Waals surface area (Å²) in [5.74, 6) is 2.56. The first-order valence-corrected chi connectivity index (χ1v) is 5.04. The fourth-order valence-corrected chi connectivity index (χ4v) is 2.12. The first-order chi connectivity index (χ1) is 4.93. The topological polar surface area (TPSA) is 21.3 Å². The van der Waals surface area contributed by atoms with Gasteiger partial charge < -0.3 is 4.84 Å². The standard InChI is InChI=1S/C7H15NOS/c1-2-9-8-7-3-5-10-6-4-7/h7-8H,2-6H2,1H3. The van der Waals surface area contributed by atoms with Crippen molar-refractivity contribution in [3.05, 3.63) is 0 Å². The van der Waals surface area contributed by atoms with Gasteiger partial charge in [-0.2, -0.15) is 17.2 Å². The van der Waals surface area contributed by atoms with Gasteiger partial charge in [0.15, 0.2) is 0 Å². The van der Waals surface area contributed by atoms with Crippen molar-refractivity contribution in [1.82, 2.24) is 5.48 Å². The van der Waals surface area contributed by atoms with E-state index >= 15 is 0 Å². The molecule has 60 valence electrons. The van der Waals surface area contributed by atoms with Crippen LogP contribution in [0.4, 0.5) is 0 Å². The zero-order valence-electron chi connectivity index (χ0n) is 6.43. The zero-order valence-corrected chi connectivity index (χ0v) is 7.25. The van der Waals surface area contributed by atoms with Crippen LogP contribution in [0.1, 0.15) is 19.8 Å². The summed E-state index contributed by atoms with van der Waals surface area (Å²) in [6, 6.07) is 0.612. The lowest BCUT2D eigenvalue weighted by Gasteiger charge is -2.21. The molecule has 0 bridgehead atoms. The van der Waals surface area contributed by atoms with Crippen LogP contribution in [-0.4, -0.2) is 24.2 Å². The highest BCUT2D eigenvalue weighted by Crippen LogP contribution is 2.16. The van der Waals surface area contributed by atoms with Gasteiger partial charge in [-0.1, -0.05) is 0 Å². The molecule has 1 saturated heterocycles. The van der Waals surface area contributed by atoms with Gasteiger partial charge in [0.05, 0.1) is 6.61 Å². The molecular weight excluding hydrogens is 146 g/mol. The number of thioether (sulfide) groups is 1. The van der Waals surface area contributed by atoms with E-state index in [0.29, 0.717) is 6.04 Å². The molecule has 1 aliphatic rings. The smallest absolute Gasteiger partial charge is 0.0654 e. The minimum atomic E-state index is 0.612. The Morgan fingerprint density at radius 1 is 1.50 bits per heavy atom. The fraction of sp³-hybridized carbons (Fsp3) is 1.00. The van der Waals surface area contributed by atoms with Crippen LogP contribution < -0.4 is 5.48 Å². The Bertz CT molecular complexity index is 83.7. The fourth-order valence-electron chi connectivity index (χ4n) is 1.02. The van der Waals surface area contributed by atoms with Gasteiger partial charge in [-0.15, -0.1) is 0 Å². The minimum absolute atomic E-state index is 0.612. The van der Waals surface area contributed by atoms with Crippen molar-refractivity contribution >= 4 is 11.8 Å². The largest absolute Gasteiger partial charge is 0.302 e. The molecule has 1 heterocycles. The summed E-state index contributed by atoms with van der Waals surface area (Å²) < 4.78 is 0. The summed E-state index contributed by atoms with van der Waals surface area (Å²) >= 11 is 2.04. The summed E-state index contributed by atoms with van der Waals surface area (Å²) in [6.07, 6.45) is 2.51. The molecule has 1 N–H and O–H groups in total. The van der Waals surface area contributed by atoms with Crippen molar-refractivity contribution < 1.29 is 4.84 Å². The molecule has 1 aliphatic heterocycles. The number of rotatable bonds is 3. The highest BCUT2D eigenvalue weighted by Gasteiger charge is 2.12. The number of hydrogen-bond acceptors (Lipinski definition) is 3. The van der Waals surface area contributed by atoms with Crippen LogP contribution >= 0.6 is 11.8 Å². The maximum atomic E-state index is 5.11. The van der Waals surface area contributed by atoms with Gasteiger partial charge in [-0.05, 0) is 31.3 Å². The van der Waals surface area contributed by atoms with E-state index in [9.17, 15) is 0 Å². The quantitative estimate of drug-likeness (QED) is 0.633. The maximum Gasteiger partial charge on any atom is 0.0654 e. The zero-order chi connectivity index (χ0) is 7.23. The van der Waals surface area contributed by atoms with Crippen LogP contribution in [-0.2, 0) is 4.84 Å². The lowest BCUT2D eigenvalue weighted by molar-refractivity contribution is 0.0226. The third kappa shape index (κ3) is 2.90. The molecule has 0 amide bonds. The highest BCUT2D eigenvalue weighted by molar-refractivity contribution is 7.99. The second-order valence-corrected chi connectivity index (χ2v) is 3.66. The third-order valence-corrected chi connectivity index (χ3v) is 2.66. The van der Waals surface area contributed by atoms with Gasteiger partial charge in [0.1, 0.15) is 0 Å². The Labute approximate surface area is 66.7 Å². The summed E-state index contributed by atoms with van der Waals surface area (Å²) in [4.78, 5) is 5.11. The Hall–Kier alpha value is 0.270. The molecule has 0 aromatic carbocycles. The average molecular weight is 161 g/mol. The monoisotopic (exact) mass is 161 g/mol. The number of nitrogens with one attached hydrogen (secondary N) is 1. The van der Waals surface area contributed by atoms with Crippen molar-refractivity contribution in [2.45, 2.75) is 25.8 Å². The van der Waals surface area contributed by atoms with Gasteiger partial charge in [-0.25, -0.2) is 0 Å². The van der Waals surface area contributed by atoms with Crippen molar-refractivity contribution in [3.8, 4) is 0 Å². The van der Waals surface area contributed by atoms with E-state index < -0.39 is 0 Å². The molecule has 1 rings (SSSR count). The van der Waals surface area contributed by atoms with Gasteiger partial charge in [0.25, 0.3) is 0 Å². The molecule has 0 aromatic heterocycles. The molecule has 0 aliphatic carbocycles. The lowest BCUT2D eigenvalue weighted by atomic mass is 10.2. The Morgan fingerprint density at radius 2 is 2.20 bits per heavy atom. The van der Waals surface area contributed by atoms with E-state index in [1.54, 1.807) is 0 Å². The first-order valence-electron chi connectivity index (χ1n) is 3.88. The third-order valence-electron chi connectivity index (χ3n) is 1.62. The first kappa shape index (κ1) is 8.37. The Morgan fingerprint density at radius 3 is 2.80 bits per heavy atom. The summed E-state index contributed by atoms with van der Waals surface area (Å²) in [5.41, 5.74) is 3.06. The molecule has 3 heteroatoms. The molecule has 0 unspecified atom stereocenters. The van der Waals surface area contributed by atoms with Crippen molar-refractivity contribution in [3.63, 3.8) is 0 Å². The number of hydroxylamine groups is 1. The Balaban J connectivity index is 2.02. The van der Waals surface area contributed by atoms with Crippen LogP contribution in [0.3, 0.4) is 0 Å². The lowest BCUT2D eigenvalue weighted by Crippen LogP contribution is -2.32. The van der Waals surface area contributed by atoms with E-state index in [1.165, 1.54) is 24.3 Å².